The molecule has 21 heavy (non-hydrogen) atoms. The molecule has 0 bridgehead atoms. The molecule has 2 rings (SSSR count). The minimum atomic E-state index is -0.287. The van der Waals surface area contributed by atoms with Crippen molar-refractivity contribution >= 4 is 22.2 Å². The number of ether oxygens (including phenoxy) is 2. The number of hydrogen-bond donors (Lipinski definition) is 0. The molecule has 2 aromatic rings. The summed E-state index contributed by atoms with van der Waals surface area (Å²) >= 11 is 3.37. The monoisotopic (exact) mass is 352 g/mol. The summed E-state index contributed by atoms with van der Waals surface area (Å²) in [5, 5.41) is 0. The SMILES string of the molecule is CCOc1cc(C=O)cc(Br)c1OCc1ccc(F)cc1. The van der Waals surface area contributed by atoms with Gasteiger partial charge in [0, 0.05) is 5.56 Å². The maximum atomic E-state index is 12.9. The second-order valence-electron chi connectivity index (χ2n) is 4.30. The van der Waals surface area contributed by atoms with E-state index in [9.17, 15) is 9.18 Å². The highest BCUT2D eigenvalue weighted by molar-refractivity contribution is 9.10. The summed E-state index contributed by atoms with van der Waals surface area (Å²) in [7, 11) is 0. The molecule has 0 fully saturated rings. The van der Waals surface area contributed by atoms with Crippen molar-refractivity contribution in [2.24, 2.45) is 0 Å². The Morgan fingerprint density at radius 2 is 1.90 bits per heavy atom. The molecule has 0 spiro atoms. The number of carbonyl (C=O) groups is 1. The van der Waals surface area contributed by atoms with Gasteiger partial charge in [-0.05, 0) is 52.7 Å². The van der Waals surface area contributed by atoms with E-state index in [2.05, 4.69) is 15.9 Å². The number of carbonyl (C=O) groups excluding carboxylic acids is 1. The Balaban J connectivity index is 2.21. The minimum absolute atomic E-state index is 0.277. The van der Waals surface area contributed by atoms with Crippen LogP contribution in [0, 0.1) is 5.82 Å². The molecule has 110 valence electrons. The summed E-state index contributed by atoms with van der Waals surface area (Å²) < 4.78 is 24.7. The van der Waals surface area contributed by atoms with E-state index < -0.39 is 0 Å². The summed E-state index contributed by atoms with van der Waals surface area (Å²) in [6.45, 7) is 2.59. The highest BCUT2D eigenvalue weighted by atomic mass is 79.9. The lowest BCUT2D eigenvalue weighted by atomic mass is 10.2. The molecule has 0 heterocycles. The van der Waals surface area contributed by atoms with Crippen LogP contribution in [0.3, 0.4) is 0 Å². The van der Waals surface area contributed by atoms with E-state index in [1.54, 1.807) is 24.3 Å². The second kappa shape index (κ2) is 7.22. The zero-order valence-corrected chi connectivity index (χ0v) is 13.0. The normalized spacial score (nSPS) is 10.2. The Morgan fingerprint density at radius 1 is 1.19 bits per heavy atom. The molecule has 3 nitrogen and oxygen atoms in total. The molecule has 5 heteroatoms. The average Bonchev–Trinajstić information content (AvgIpc) is 2.48. The lowest BCUT2D eigenvalue weighted by molar-refractivity contribution is 0.112. The maximum absolute atomic E-state index is 12.9. The van der Waals surface area contributed by atoms with E-state index in [1.165, 1.54) is 12.1 Å². The van der Waals surface area contributed by atoms with E-state index in [4.69, 9.17) is 9.47 Å². The van der Waals surface area contributed by atoms with Crippen molar-refractivity contribution in [3.63, 3.8) is 0 Å². The van der Waals surface area contributed by atoms with Crippen LogP contribution in [0.15, 0.2) is 40.9 Å². The Morgan fingerprint density at radius 3 is 2.52 bits per heavy atom. The molecular weight excluding hydrogens is 339 g/mol. The van der Waals surface area contributed by atoms with Gasteiger partial charge < -0.3 is 9.47 Å². The van der Waals surface area contributed by atoms with Crippen molar-refractivity contribution < 1.29 is 18.7 Å². The van der Waals surface area contributed by atoms with Crippen LogP contribution >= 0.6 is 15.9 Å². The summed E-state index contributed by atoms with van der Waals surface area (Å²) in [4.78, 5) is 10.9. The van der Waals surface area contributed by atoms with Gasteiger partial charge in [0.05, 0.1) is 11.1 Å². The van der Waals surface area contributed by atoms with Crippen molar-refractivity contribution in [2.45, 2.75) is 13.5 Å². The zero-order chi connectivity index (χ0) is 15.2. The standard InChI is InChI=1S/C16H14BrFO3/c1-2-20-15-8-12(9-19)7-14(17)16(15)21-10-11-3-5-13(18)6-4-11/h3-9H,2,10H2,1H3. The summed E-state index contributed by atoms with van der Waals surface area (Å²) in [6.07, 6.45) is 0.747. The number of hydrogen-bond acceptors (Lipinski definition) is 3. The summed E-state index contributed by atoms with van der Waals surface area (Å²) in [5.74, 6) is 0.730. The van der Waals surface area contributed by atoms with Gasteiger partial charge in [0.15, 0.2) is 11.5 Å². The Hall–Kier alpha value is -1.88. The van der Waals surface area contributed by atoms with Crippen LogP contribution in [0.1, 0.15) is 22.8 Å². The number of benzene rings is 2. The Kier molecular flexibility index (Phi) is 5.33. The van der Waals surface area contributed by atoms with Crippen molar-refractivity contribution in [2.75, 3.05) is 6.61 Å². The predicted octanol–water partition coefficient (Wildman–Crippen LogP) is 4.38. The lowest BCUT2D eigenvalue weighted by Crippen LogP contribution is -2.01. The van der Waals surface area contributed by atoms with Crippen molar-refractivity contribution in [3.8, 4) is 11.5 Å². The predicted molar refractivity (Wildman–Crippen MR) is 81.4 cm³/mol. The Labute approximate surface area is 130 Å². The highest BCUT2D eigenvalue weighted by Gasteiger charge is 2.12. The molecule has 0 aliphatic heterocycles. The molecular formula is C16H14BrFO3. The lowest BCUT2D eigenvalue weighted by Gasteiger charge is -2.14. The number of halogens is 2. The molecule has 0 saturated heterocycles. The molecule has 0 radical (unpaired) electrons. The topological polar surface area (TPSA) is 35.5 Å². The van der Waals surface area contributed by atoms with Gasteiger partial charge in [-0.25, -0.2) is 4.39 Å². The van der Waals surface area contributed by atoms with Crippen molar-refractivity contribution in [3.05, 3.63) is 57.8 Å². The molecule has 0 N–H and O–H groups in total. The quantitative estimate of drug-likeness (QED) is 0.723. The minimum Gasteiger partial charge on any atom is -0.490 e. The van der Waals surface area contributed by atoms with Crippen LogP contribution in [0.25, 0.3) is 0 Å². The van der Waals surface area contributed by atoms with Gasteiger partial charge >= 0.3 is 0 Å². The Bertz CT molecular complexity index is 626. The first-order chi connectivity index (χ1) is 10.1. The van der Waals surface area contributed by atoms with E-state index in [0.717, 1.165) is 11.8 Å². The van der Waals surface area contributed by atoms with Crippen LogP contribution in [0.4, 0.5) is 4.39 Å². The van der Waals surface area contributed by atoms with Gasteiger partial charge in [-0.15, -0.1) is 0 Å². The smallest absolute Gasteiger partial charge is 0.175 e. The first-order valence-electron chi connectivity index (χ1n) is 6.42. The van der Waals surface area contributed by atoms with Crippen LogP contribution in [-0.4, -0.2) is 12.9 Å². The van der Waals surface area contributed by atoms with Gasteiger partial charge in [-0.1, -0.05) is 12.1 Å². The van der Waals surface area contributed by atoms with E-state index >= 15 is 0 Å². The third-order valence-corrected chi connectivity index (χ3v) is 3.35. The number of aldehydes is 1. The van der Waals surface area contributed by atoms with E-state index in [0.29, 0.717) is 28.1 Å². The number of rotatable bonds is 6. The van der Waals surface area contributed by atoms with Crippen LogP contribution in [-0.2, 0) is 6.61 Å². The average molecular weight is 353 g/mol. The van der Waals surface area contributed by atoms with Crippen LogP contribution < -0.4 is 9.47 Å². The largest absolute Gasteiger partial charge is 0.490 e. The van der Waals surface area contributed by atoms with Gasteiger partial charge in [0.1, 0.15) is 18.7 Å². The summed E-state index contributed by atoms with van der Waals surface area (Å²) in [6, 6.07) is 9.36. The first-order valence-corrected chi connectivity index (χ1v) is 7.22. The van der Waals surface area contributed by atoms with E-state index in [1.807, 2.05) is 6.92 Å². The molecule has 0 aliphatic rings. The fourth-order valence-corrected chi connectivity index (χ4v) is 2.37. The fourth-order valence-electron chi connectivity index (χ4n) is 1.80. The third kappa shape index (κ3) is 4.04. The molecule has 0 saturated carbocycles. The molecule has 0 unspecified atom stereocenters. The zero-order valence-electron chi connectivity index (χ0n) is 11.4. The molecule has 0 aliphatic carbocycles. The first kappa shape index (κ1) is 15.5. The molecule has 0 amide bonds. The second-order valence-corrected chi connectivity index (χ2v) is 5.15. The molecule has 2 aromatic carbocycles. The van der Waals surface area contributed by atoms with Gasteiger partial charge in [0.25, 0.3) is 0 Å². The van der Waals surface area contributed by atoms with Gasteiger partial charge in [0.2, 0.25) is 0 Å². The molecule has 0 aromatic heterocycles. The van der Waals surface area contributed by atoms with Crippen LogP contribution in [0.5, 0.6) is 11.5 Å². The molecule has 0 atom stereocenters. The van der Waals surface area contributed by atoms with Crippen LogP contribution in [0.2, 0.25) is 0 Å². The maximum Gasteiger partial charge on any atom is 0.175 e. The summed E-state index contributed by atoms with van der Waals surface area (Å²) in [5.41, 5.74) is 1.34. The van der Waals surface area contributed by atoms with Gasteiger partial charge in [-0.2, -0.15) is 0 Å². The third-order valence-electron chi connectivity index (χ3n) is 2.76. The van der Waals surface area contributed by atoms with Crippen molar-refractivity contribution in [1.29, 1.82) is 0 Å². The van der Waals surface area contributed by atoms with E-state index in [-0.39, 0.29) is 12.4 Å². The fraction of sp³-hybridized carbons (Fsp3) is 0.188. The highest BCUT2D eigenvalue weighted by Crippen LogP contribution is 2.37. The van der Waals surface area contributed by atoms with Gasteiger partial charge in [-0.3, -0.25) is 4.79 Å². The van der Waals surface area contributed by atoms with Crippen molar-refractivity contribution in [1.82, 2.24) is 0 Å².